The second kappa shape index (κ2) is 4.12. The molecule has 1 N–H and O–H groups in total. The molecule has 8 atom stereocenters. The van der Waals surface area contributed by atoms with Crippen molar-refractivity contribution in [1.29, 1.82) is 0 Å². The molecule has 2 saturated carbocycles. The summed E-state index contributed by atoms with van der Waals surface area (Å²) in [7, 11) is 0. The topological polar surface area (TPSA) is 80.7 Å². The van der Waals surface area contributed by atoms with E-state index < -0.39 is 40.8 Å². The zero-order chi connectivity index (χ0) is 16.9. The molecule has 1 heterocycles. The van der Waals surface area contributed by atoms with Gasteiger partial charge < -0.3 is 9.84 Å². The Balaban J connectivity index is 1.99. The number of ketones is 2. The van der Waals surface area contributed by atoms with E-state index in [0.717, 1.165) is 5.57 Å². The van der Waals surface area contributed by atoms with E-state index in [2.05, 4.69) is 0 Å². The molecule has 5 heteroatoms. The lowest BCUT2D eigenvalue weighted by molar-refractivity contribution is -0.166. The van der Waals surface area contributed by atoms with Gasteiger partial charge in [-0.15, -0.1) is 0 Å². The molecular formula is C18H22O5. The molecule has 2 unspecified atom stereocenters. The second-order valence-electron chi connectivity index (χ2n) is 8.18. The molecular weight excluding hydrogens is 296 g/mol. The third kappa shape index (κ3) is 1.41. The van der Waals surface area contributed by atoms with E-state index in [1.54, 1.807) is 13.0 Å². The highest BCUT2D eigenvalue weighted by atomic mass is 16.6. The van der Waals surface area contributed by atoms with Crippen LogP contribution in [-0.2, 0) is 19.1 Å². The first-order valence-corrected chi connectivity index (χ1v) is 8.33. The van der Waals surface area contributed by atoms with Gasteiger partial charge in [-0.05, 0) is 24.5 Å². The van der Waals surface area contributed by atoms with Crippen LogP contribution in [0.3, 0.4) is 0 Å². The first-order valence-electron chi connectivity index (χ1n) is 8.33. The highest BCUT2D eigenvalue weighted by Crippen LogP contribution is 2.65. The van der Waals surface area contributed by atoms with Gasteiger partial charge in [0, 0.05) is 18.3 Å². The second-order valence-corrected chi connectivity index (χ2v) is 8.18. The summed E-state index contributed by atoms with van der Waals surface area (Å²) in [5.41, 5.74) is -1.15. The summed E-state index contributed by atoms with van der Waals surface area (Å²) in [5.74, 6) is -1.93. The molecule has 0 aromatic heterocycles. The largest absolute Gasteiger partial charge is 0.459 e. The molecule has 0 aromatic carbocycles. The quantitative estimate of drug-likeness (QED) is 0.681. The maximum Gasteiger partial charge on any atom is 0.310 e. The lowest BCUT2D eigenvalue weighted by Crippen LogP contribution is -2.64. The van der Waals surface area contributed by atoms with E-state index in [0.29, 0.717) is 6.42 Å². The van der Waals surface area contributed by atoms with Crippen LogP contribution in [0.4, 0.5) is 0 Å². The molecule has 23 heavy (non-hydrogen) atoms. The third-order valence-corrected chi connectivity index (χ3v) is 7.16. The van der Waals surface area contributed by atoms with Gasteiger partial charge in [0.05, 0.1) is 22.9 Å². The Morgan fingerprint density at radius 1 is 1.22 bits per heavy atom. The van der Waals surface area contributed by atoms with Crippen LogP contribution in [0.25, 0.3) is 0 Å². The minimum Gasteiger partial charge on any atom is -0.459 e. The molecule has 0 aromatic rings. The Labute approximate surface area is 135 Å². The van der Waals surface area contributed by atoms with Gasteiger partial charge in [0.25, 0.3) is 0 Å². The van der Waals surface area contributed by atoms with Crippen LogP contribution in [0.15, 0.2) is 11.6 Å². The van der Waals surface area contributed by atoms with Crippen LogP contribution in [0.2, 0.25) is 0 Å². The number of aliphatic hydroxyl groups excluding tert-OH is 1. The van der Waals surface area contributed by atoms with Crippen LogP contribution in [0.5, 0.6) is 0 Å². The predicted molar refractivity (Wildman–Crippen MR) is 80.1 cm³/mol. The van der Waals surface area contributed by atoms with E-state index in [1.165, 1.54) is 0 Å². The number of ether oxygens (including phenoxy) is 1. The Morgan fingerprint density at radius 3 is 2.52 bits per heavy atom. The van der Waals surface area contributed by atoms with E-state index in [1.807, 2.05) is 20.8 Å². The van der Waals surface area contributed by atoms with Crippen molar-refractivity contribution < 1.29 is 24.2 Å². The normalized spacial score (nSPS) is 54.5. The van der Waals surface area contributed by atoms with Gasteiger partial charge in [0.2, 0.25) is 0 Å². The van der Waals surface area contributed by atoms with E-state index in [9.17, 15) is 19.5 Å². The lowest BCUT2D eigenvalue weighted by atomic mass is 9.45. The molecule has 3 fully saturated rings. The number of Topliss-reactive ketones (excluding diaryl/α,β-unsaturated/α-hetero) is 1. The zero-order valence-corrected chi connectivity index (χ0v) is 13.8. The molecule has 124 valence electrons. The summed E-state index contributed by atoms with van der Waals surface area (Å²) >= 11 is 0. The van der Waals surface area contributed by atoms with Gasteiger partial charge in [0.1, 0.15) is 11.9 Å². The summed E-state index contributed by atoms with van der Waals surface area (Å²) in [4.78, 5) is 38.2. The van der Waals surface area contributed by atoms with Gasteiger partial charge in [-0.3, -0.25) is 14.4 Å². The highest BCUT2D eigenvalue weighted by molar-refractivity contribution is 6.05. The summed E-state index contributed by atoms with van der Waals surface area (Å²) in [5, 5.41) is 11.0. The fourth-order valence-corrected chi connectivity index (χ4v) is 6.09. The first kappa shape index (κ1) is 15.1. The van der Waals surface area contributed by atoms with Gasteiger partial charge in [-0.1, -0.05) is 20.8 Å². The molecule has 4 rings (SSSR count). The number of hydrogen-bond acceptors (Lipinski definition) is 5. The Kier molecular flexibility index (Phi) is 2.70. The van der Waals surface area contributed by atoms with E-state index in [-0.39, 0.29) is 23.4 Å². The van der Waals surface area contributed by atoms with Gasteiger partial charge in [0.15, 0.2) is 5.78 Å². The maximum atomic E-state index is 13.0. The van der Waals surface area contributed by atoms with Crippen molar-refractivity contribution in [3.05, 3.63) is 11.6 Å². The maximum absolute atomic E-state index is 13.0. The monoisotopic (exact) mass is 318 g/mol. The van der Waals surface area contributed by atoms with Gasteiger partial charge in [-0.2, -0.15) is 0 Å². The molecule has 0 radical (unpaired) electrons. The summed E-state index contributed by atoms with van der Waals surface area (Å²) in [6.45, 7) is 7.36. The van der Waals surface area contributed by atoms with Crippen molar-refractivity contribution in [3.63, 3.8) is 0 Å². The minimum atomic E-state index is -1.08. The van der Waals surface area contributed by atoms with Crippen LogP contribution in [0, 0.1) is 34.5 Å². The molecule has 2 bridgehead atoms. The summed E-state index contributed by atoms with van der Waals surface area (Å²) < 4.78 is 5.40. The predicted octanol–water partition coefficient (Wildman–Crippen LogP) is 1.29. The number of carbonyl (C=O) groups excluding carboxylic acids is 3. The molecule has 0 spiro atoms. The fraction of sp³-hybridized carbons (Fsp3) is 0.722. The third-order valence-electron chi connectivity index (χ3n) is 7.16. The summed E-state index contributed by atoms with van der Waals surface area (Å²) in [6, 6.07) is 0. The smallest absolute Gasteiger partial charge is 0.310 e. The number of aliphatic hydroxyl groups is 1. The number of esters is 1. The van der Waals surface area contributed by atoms with E-state index >= 15 is 0 Å². The highest BCUT2D eigenvalue weighted by Gasteiger charge is 2.73. The Bertz CT molecular complexity index is 679. The Hall–Kier alpha value is -1.49. The molecule has 0 amide bonds. The first-order chi connectivity index (χ1) is 10.6. The van der Waals surface area contributed by atoms with Crippen molar-refractivity contribution in [2.24, 2.45) is 34.5 Å². The minimum absolute atomic E-state index is 0.00169. The summed E-state index contributed by atoms with van der Waals surface area (Å²) in [6.07, 6.45) is 0.342. The van der Waals surface area contributed by atoms with Crippen molar-refractivity contribution in [1.82, 2.24) is 0 Å². The van der Waals surface area contributed by atoms with Crippen molar-refractivity contribution in [2.45, 2.75) is 46.3 Å². The molecule has 3 aliphatic carbocycles. The average molecular weight is 318 g/mol. The van der Waals surface area contributed by atoms with Crippen molar-refractivity contribution >= 4 is 17.5 Å². The lowest BCUT2D eigenvalue weighted by Gasteiger charge is -2.55. The van der Waals surface area contributed by atoms with Crippen LogP contribution in [0.1, 0.15) is 34.1 Å². The molecule has 1 aliphatic heterocycles. The number of carbonyl (C=O) groups is 3. The number of rotatable bonds is 0. The average Bonchev–Trinajstić information content (AvgIpc) is 2.83. The van der Waals surface area contributed by atoms with Gasteiger partial charge >= 0.3 is 5.97 Å². The molecule has 1 saturated heterocycles. The zero-order valence-electron chi connectivity index (χ0n) is 13.8. The van der Waals surface area contributed by atoms with Crippen LogP contribution in [-0.4, -0.2) is 34.9 Å². The SMILES string of the molecule is CC1CC(=O)[C@@]2(C)C1=CC(=O)[C@]1(C)C2[C@@H](O)[C@@H]2OC(=O)[C@H]1[C@H]2C. The number of hydrogen-bond donors (Lipinski definition) is 1. The number of allylic oxidation sites excluding steroid dienone is 2. The molecule has 4 aliphatic rings. The Morgan fingerprint density at radius 2 is 1.87 bits per heavy atom. The fourth-order valence-electron chi connectivity index (χ4n) is 6.09. The molecule has 5 nitrogen and oxygen atoms in total. The van der Waals surface area contributed by atoms with Gasteiger partial charge in [-0.25, -0.2) is 0 Å². The number of fused-ring (bicyclic) bond motifs is 6. The van der Waals surface area contributed by atoms with Crippen molar-refractivity contribution in [2.75, 3.05) is 0 Å². The van der Waals surface area contributed by atoms with Crippen LogP contribution < -0.4 is 0 Å². The standard InChI is InChI=1S/C18H22O5/c1-7-5-10(19)17(3)9(7)6-11(20)18(4)12-8(2)14(23-16(12)22)13(21)15(17)18/h6-8,12-15,21H,5H2,1-4H3/t7?,8-,12-,13+,14-,15?,17-,18+/m1/s1. The van der Waals surface area contributed by atoms with Crippen molar-refractivity contribution in [3.8, 4) is 0 Å². The van der Waals surface area contributed by atoms with E-state index in [4.69, 9.17) is 4.74 Å². The van der Waals surface area contributed by atoms with Crippen LogP contribution >= 0.6 is 0 Å².